The summed E-state index contributed by atoms with van der Waals surface area (Å²) >= 11 is 7.22. The third-order valence-electron chi connectivity index (χ3n) is 3.12. The number of aliphatic carboxylic acids is 1. The number of benzene rings is 1. The predicted octanol–water partition coefficient (Wildman–Crippen LogP) is 3.47. The molecule has 2 aromatic rings. The van der Waals surface area contributed by atoms with Crippen molar-refractivity contribution in [2.45, 2.75) is 26.2 Å². The normalized spacial score (nSPS) is 12.0. The number of hydrogen-bond acceptors (Lipinski definition) is 4. The number of thiazole rings is 1. The number of carboxylic acid groups (broad SMARTS) is 1. The zero-order valence-electron chi connectivity index (χ0n) is 12.1. The number of aryl methyl sites for hydroxylation is 1. The molecule has 1 heterocycles. The highest BCUT2D eigenvalue weighted by Gasteiger charge is 2.20. The first-order valence-corrected chi connectivity index (χ1v) is 7.85. The van der Waals surface area contributed by atoms with Crippen molar-refractivity contribution in [3.8, 4) is 0 Å². The van der Waals surface area contributed by atoms with Gasteiger partial charge < -0.3 is 10.4 Å². The van der Waals surface area contributed by atoms with Gasteiger partial charge in [0.1, 0.15) is 5.01 Å². The summed E-state index contributed by atoms with van der Waals surface area (Å²) in [4.78, 5) is 27.2. The van der Waals surface area contributed by atoms with E-state index in [0.29, 0.717) is 21.4 Å². The molecule has 0 aliphatic heterocycles. The molecule has 1 aromatic carbocycles. The molecule has 0 aliphatic carbocycles. The van der Waals surface area contributed by atoms with E-state index in [1.54, 1.807) is 24.4 Å². The lowest BCUT2D eigenvalue weighted by molar-refractivity contribution is -0.136. The average molecular weight is 339 g/mol. The molecule has 0 bridgehead atoms. The summed E-state index contributed by atoms with van der Waals surface area (Å²) in [7, 11) is 0. The number of halogens is 1. The molecule has 1 atom stereocenters. The summed E-state index contributed by atoms with van der Waals surface area (Å²) in [5.41, 5.74) is 2.04. The highest BCUT2D eigenvalue weighted by molar-refractivity contribution is 7.09. The number of amides is 1. The minimum absolute atomic E-state index is 0.141. The molecule has 7 heteroatoms. The molecular formula is C15H15ClN2O3S. The average Bonchev–Trinajstić information content (AvgIpc) is 2.89. The Morgan fingerprint density at radius 3 is 2.86 bits per heavy atom. The van der Waals surface area contributed by atoms with E-state index in [9.17, 15) is 9.59 Å². The third kappa shape index (κ3) is 4.05. The van der Waals surface area contributed by atoms with Crippen LogP contribution in [0.5, 0.6) is 0 Å². The summed E-state index contributed by atoms with van der Waals surface area (Å²) in [5.74, 6) is -1.61. The van der Waals surface area contributed by atoms with Gasteiger partial charge in [-0.15, -0.1) is 11.3 Å². The van der Waals surface area contributed by atoms with Crippen LogP contribution in [-0.4, -0.2) is 22.0 Å². The molecule has 22 heavy (non-hydrogen) atoms. The number of carbonyl (C=O) groups excluding carboxylic acids is 1. The highest BCUT2D eigenvalue weighted by atomic mass is 35.5. The maximum atomic E-state index is 12.3. The van der Waals surface area contributed by atoms with Crippen LogP contribution in [0.3, 0.4) is 0 Å². The Labute approximate surface area is 137 Å². The first-order valence-electron chi connectivity index (χ1n) is 6.60. The molecule has 5 nitrogen and oxygen atoms in total. The standard InChI is InChI=1S/C15H15ClN2O3S/c1-8-3-4-10(16)5-12(8)18-14(21)9(2)15-17-11(7-22-15)6-13(19)20/h3-5,7,9H,6H2,1-2H3,(H,18,21)(H,19,20). The van der Waals surface area contributed by atoms with E-state index in [4.69, 9.17) is 16.7 Å². The van der Waals surface area contributed by atoms with Crippen molar-refractivity contribution in [1.82, 2.24) is 4.98 Å². The lowest BCUT2D eigenvalue weighted by atomic mass is 10.1. The van der Waals surface area contributed by atoms with Crippen LogP contribution >= 0.6 is 22.9 Å². The Kier molecular flexibility index (Phi) is 5.15. The Morgan fingerprint density at radius 1 is 1.45 bits per heavy atom. The third-order valence-corrected chi connectivity index (χ3v) is 4.43. The fourth-order valence-corrected chi connectivity index (χ4v) is 2.89. The molecule has 0 spiro atoms. The van der Waals surface area contributed by atoms with Crippen LogP contribution in [0.2, 0.25) is 5.02 Å². The molecule has 2 N–H and O–H groups in total. The minimum atomic E-state index is -0.941. The molecule has 1 unspecified atom stereocenters. The van der Waals surface area contributed by atoms with Crippen LogP contribution in [-0.2, 0) is 16.0 Å². The number of nitrogens with one attached hydrogen (secondary N) is 1. The molecular weight excluding hydrogens is 324 g/mol. The van der Waals surface area contributed by atoms with Gasteiger partial charge in [-0.1, -0.05) is 17.7 Å². The SMILES string of the molecule is Cc1ccc(Cl)cc1NC(=O)C(C)c1nc(CC(=O)O)cs1. The van der Waals surface area contributed by atoms with E-state index in [2.05, 4.69) is 10.3 Å². The van der Waals surface area contributed by atoms with Crippen LogP contribution in [0.1, 0.15) is 29.1 Å². The van der Waals surface area contributed by atoms with Crippen LogP contribution < -0.4 is 5.32 Å². The second kappa shape index (κ2) is 6.89. The van der Waals surface area contributed by atoms with Crippen molar-refractivity contribution >= 4 is 40.5 Å². The maximum Gasteiger partial charge on any atom is 0.309 e. The van der Waals surface area contributed by atoms with Gasteiger partial charge in [0, 0.05) is 16.1 Å². The number of rotatable bonds is 5. The minimum Gasteiger partial charge on any atom is -0.481 e. The predicted molar refractivity (Wildman–Crippen MR) is 86.7 cm³/mol. The molecule has 0 saturated carbocycles. The summed E-state index contributed by atoms with van der Waals surface area (Å²) < 4.78 is 0. The lowest BCUT2D eigenvalue weighted by Crippen LogP contribution is -2.19. The summed E-state index contributed by atoms with van der Waals surface area (Å²) in [6, 6.07) is 5.28. The van der Waals surface area contributed by atoms with Crippen LogP contribution in [0.4, 0.5) is 5.69 Å². The number of aromatic nitrogens is 1. The van der Waals surface area contributed by atoms with Gasteiger partial charge in [0.05, 0.1) is 18.0 Å². The Balaban J connectivity index is 2.10. The second-order valence-electron chi connectivity index (χ2n) is 4.92. The van der Waals surface area contributed by atoms with Gasteiger partial charge >= 0.3 is 5.97 Å². The number of hydrogen-bond donors (Lipinski definition) is 2. The van der Waals surface area contributed by atoms with Crippen LogP contribution in [0, 0.1) is 6.92 Å². The first-order chi connectivity index (χ1) is 10.4. The molecule has 0 radical (unpaired) electrons. The summed E-state index contributed by atoms with van der Waals surface area (Å²) in [6.07, 6.45) is -0.141. The molecule has 1 amide bonds. The van der Waals surface area contributed by atoms with Gasteiger partial charge in [-0.25, -0.2) is 4.98 Å². The van der Waals surface area contributed by atoms with Crippen molar-refractivity contribution in [3.05, 3.63) is 44.9 Å². The Bertz CT molecular complexity index is 715. The topological polar surface area (TPSA) is 79.3 Å². The smallest absolute Gasteiger partial charge is 0.309 e. The lowest BCUT2D eigenvalue weighted by Gasteiger charge is -2.12. The number of carboxylic acids is 1. The zero-order chi connectivity index (χ0) is 16.3. The monoisotopic (exact) mass is 338 g/mol. The molecule has 0 saturated heterocycles. The van der Waals surface area contributed by atoms with E-state index in [-0.39, 0.29) is 12.3 Å². The van der Waals surface area contributed by atoms with Gasteiger partial charge in [-0.2, -0.15) is 0 Å². The summed E-state index contributed by atoms with van der Waals surface area (Å²) in [6.45, 7) is 3.61. The van der Waals surface area contributed by atoms with Gasteiger partial charge in [-0.3, -0.25) is 9.59 Å². The molecule has 0 fully saturated rings. The van der Waals surface area contributed by atoms with E-state index >= 15 is 0 Å². The van der Waals surface area contributed by atoms with Crippen molar-refractivity contribution in [1.29, 1.82) is 0 Å². The fourth-order valence-electron chi connectivity index (χ4n) is 1.84. The van der Waals surface area contributed by atoms with Gasteiger partial charge in [-0.05, 0) is 31.5 Å². The largest absolute Gasteiger partial charge is 0.481 e. The molecule has 2 rings (SSSR count). The van der Waals surface area contributed by atoms with Crippen LogP contribution in [0.25, 0.3) is 0 Å². The van der Waals surface area contributed by atoms with Gasteiger partial charge in [0.2, 0.25) is 5.91 Å². The van der Waals surface area contributed by atoms with Gasteiger partial charge in [0.25, 0.3) is 0 Å². The van der Waals surface area contributed by atoms with Crippen molar-refractivity contribution in [2.75, 3.05) is 5.32 Å². The van der Waals surface area contributed by atoms with Crippen molar-refractivity contribution in [3.63, 3.8) is 0 Å². The first kappa shape index (κ1) is 16.5. The molecule has 116 valence electrons. The Hall–Kier alpha value is -1.92. The molecule has 1 aromatic heterocycles. The van der Waals surface area contributed by atoms with Crippen LogP contribution in [0.15, 0.2) is 23.6 Å². The second-order valence-corrected chi connectivity index (χ2v) is 6.24. The van der Waals surface area contributed by atoms with Gasteiger partial charge in [0.15, 0.2) is 0 Å². The summed E-state index contributed by atoms with van der Waals surface area (Å²) in [5, 5.41) is 14.4. The number of anilines is 1. The fraction of sp³-hybridized carbons (Fsp3) is 0.267. The van der Waals surface area contributed by atoms with E-state index < -0.39 is 11.9 Å². The quantitative estimate of drug-likeness (QED) is 0.874. The van der Waals surface area contributed by atoms with E-state index in [0.717, 1.165) is 5.56 Å². The number of nitrogens with zero attached hydrogens (tertiary/aromatic N) is 1. The van der Waals surface area contributed by atoms with Crippen molar-refractivity contribution in [2.24, 2.45) is 0 Å². The molecule has 0 aliphatic rings. The maximum absolute atomic E-state index is 12.3. The number of carbonyl (C=O) groups is 2. The van der Waals surface area contributed by atoms with E-state index in [1.807, 2.05) is 13.0 Å². The van der Waals surface area contributed by atoms with Crippen molar-refractivity contribution < 1.29 is 14.7 Å². The zero-order valence-corrected chi connectivity index (χ0v) is 13.7. The highest BCUT2D eigenvalue weighted by Crippen LogP contribution is 2.25. The Morgan fingerprint density at radius 2 is 2.18 bits per heavy atom. The van der Waals surface area contributed by atoms with E-state index in [1.165, 1.54) is 11.3 Å².